The Morgan fingerprint density at radius 1 is 1.17 bits per heavy atom. The van der Waals surface area contributed by atoms with Crippen molar-refractivity contribution < 1.29 is 23.8 Å². The first-order valence-electron chi connectivity index (χ1n) is 5.19. The number of hydrogen-bond donors (Lipinski definition) is 1. The molecule has 0 fully saturated rings. The first-order chi connectivity index (χ1) is 8.62. The van der Waals surface area contributed by atoms with E-state index in [4.69, 9.17) is 4.74 Å². The summed E-state index contributed by atoms with van der Waals surface area (Å²) in [6.07, 6.45) is 0. The van der Waals surface area contributed by atoms with Crippen molar-refractivity contribution in [2.45, 2.75) is 0 Å². The van der Waals surface area contributed by atoms with Gasteiger partial charge in [-0.25, -0.2) is 4.79 Å². The van der Waals surface area contributed by atoms with Crippen molar-refractivity contribution in [1.82, 2.24) is 0 Å². The second kappa shape index (κ2) is 6.48. The molecule has 0 spiro atoms. The molecule has 0 unspecified atom stereocenters. The van der Waals surface area contributed by atoms with E-state index in [-0.39, 0.29) is 6.54 Å². The minimum atomic E-state index is -0.513. The minimum Gasteiger partial charge on any atom is -0.497 e. The highest BCUT2D eigenvalue weighted by atomic mass is 16.5. The van der Waals surface area contributed by atoms with Crippen molar-refractivity contribution in [2.75, 3.05) is 33.2 Å². The van der Waals surface area contributed by atoms with E-state index in [0.717, 1.165) is 0 Å². The van der Waals surface area contributed by atoms with Gasteiger partial charge in [0.2, 0.25) is 0 Å². The summed E-state index contributed by atoms with van der Waals surface area (Å²) in [6, 6.07) is 4.84. The largest absolute Gasteiger partial charge is 0.497 e. The number of anilines is 1. The number of carbonyl (C=O) groups is 2. The average Bonchev–Trinajstić information content (AvgIpc) is 2.43. The maximum atomic E-state index is 11.6. The predicted octanol–water partition coefficient (Wildman–Crippen LogP) is 1.07. The van der Waals surface area contributed by atoms with Crippen LogP contribution in [0.15, 0.2) is 18.2 Å². The highest BCUT2D eigenvalue weighted by molar-refractivity contribution is 5.96. The molecule has 0 aliphatic carbocycles. The van der Waals surface area contributed by atoms with E-state index >= 15 is 0 Å². The lowest BCUT2D eigenvalue weighted by atomic mass is 10.1. The lowest BCUT2D eigenvalue weighted by Gasteiger charge is -2.11. The number of ether oxygens (including phenoxy) is 3. The molecule has 18 heavy (non-hydrogen) atoms. The number of benzene rings is 1. The standard InChI is InChI=1S/C12H15NO5/c1-16-8-4-5-10(13-7-11(14)17-2)9(6-8)12(15)18-3/h4-6,13H,7H2,1-3H3. The summed E-state index contributed by atoms with van der Waals surface area (Å²) in [4.78, 5) is 22.6. The van der Waals surface area contributed by atoms with Gasteiger partial charge in [0, 0.05) is 5.69 Å². The number of hydrogen-bond acceptors (Lipinski definition) is 6. The van der Waals surface area contributed by atoms with Gasteiger partial charge in [-0.3, -0.25) is 4.79 Å². The first kappa shape index (κ1) is 13.8. The van der Waals surface area contributed by atoms with Crippen LogP contribution in [0.2, 0.25) is 0 Å². The molecule has 6 heteroatoms. The normalized spacial score (nSPS) is 9.50. The molecule has 0 bridgehead atoms. The van der Waals surface area contributed by atoms with Gasteiger partial charge in [0.05, 0.1) is 26.9 Å². The fourth-order valence-electron chi connectivity index (χ4n) is 1.32. The molecular weight excluding hydrogens is 238 g/mol. The van der Waals surface area contributed by atoms with Gasteiger partial charge in [-0.15, -0.1) is 0 Å². The Kier molecular flexibility index (Phi) is 4.98. The Balaban J connectivity index is 2.95. The van der Waals surface area contributed by atoms with E-state index in [1.807, 2.05) is 0 Å². The van der Waals surface area contributed by atoms with Crippen LogP contribution in [0.4, 0.5) is 5.69 Å². The smallest absolute Gasteiger partial charge is 0.340 e. The van der Waals surface area contributed by atoms with Crippen molar-refractivity contribution in [3.05, 3.63) is 23.8 Å². The Hall–Kier alpha value is -2.24. The monoisotopic (exact) mass is 253 g/mol. The fraction of sp³-hybridized carbons (Fsp3) is 0.333. The molecule has 0 aromatic heterocycles. The van der Waals surface area contributed by atoms with Crippen LogP contribution in [0, 0.1) is 0 Å². The molecule has 1 N–H and O–H groups in total. The van der Waals surface area contributed by atoms with Gasteiger partial charge >= 0.3 is 11.9 Å². The topological polar surface area (TPSA) is 73.9 Å². The highest BCUT2D eigenvalue weighted by Gasteiger charge is 2.14. The van der Waals surface area contributed by atoms with Crippen molar-refractivity contribution >= 4 is 17.6 Å². The Morgan fingerprint density at radius 2 is 1.89 bits per heavy atom. The SMILES string of the molecule is COC(=O)CNc1ccc(OC)cc1C(=O)OC. The molecule has 0 atom stereocenters. The van der Waals surface area contributed by atoms with Gasteiger partial charge in [-0.1, -0.05) is 0 Å². The maximum absolute atomic E-state index is 11.6. The molecule has 0 heterocycles. The van der Waals surface area contributed by atoms with E-state index in [1.165, 1.54) is 27.4 Å². The van der Waals surface area contributed by atoms with E-state index in [9.17, 15) is 9.59 Å². The van der Waals surface area contributed by atoms with Crippen LogP contribution in [0.1, 0.15) is 10.4 Å². The van der Waals surface area contributed by atoms with Crippen LogP contribution in [-0.2, 0) is 14.3 Å². The molecule has 0 saturated heterocycles. The lowest BCUT2D eigenvalue weighted by molar-refractivity contribution is -0.138. The van der Waals surface area contributed by atoms with Gasteiger partial charge in [0.15, 0.2) is 0 Å². The van der Waals surface area contributed by atoms with Crippen LogP contribution in [0.5, 0.6) is 5.75 Å². The second-order valence-corrected chi connectivity index (χ2v) is 3.33. The molecule has 0 radical (unpaired) electrons. The highest BCUT2D eigenvalue weighted by Crippen LogP contribution is 2.22. The molecule has 0 saturated carbocycles. The predicted molar refractivity (Wildman–Crippen MR) is 64.8 cm³/mol. The summed E-state index contributed by atoms with van der Waals surface area (Å²) in [5, 5.41) is 2.80. The van der Waals surface area contributed by atoms with Crippen LogP contribution in [0.3, 0.4) is 0 Å². The number of methoxy groups -OCH3 is 3. The van der Waals surface area contributed by atoms with Crippen LogP contribution >= 0.6 is 0 Å². The molecule has 98 valence electrons. The van der Waals surface area contributed by atoms with Crippen LogP contribution < -0.4 is 10.1 Å². The molecule has 1 aromatic rings. The summed E-state index contributed by atoms with van der Waals surface area (Å²) in [5.41, 5.74) is 0.772. The summed E-state index contributed by atoms with van der Waals surface area (Å²) < 4.78 is 14.2. The van der Waals surface area contributed by atoms with Crippen molar-refractivity contribution in [2.24, 2.45) is 0 Å². The zero-order chi connectivity index (χ0) is 13.5. The third kappa shape index (κ3) is 3.38. The van der Waals surface area contributed by atoms with E-state index in [1.54, 1.807) is 12.1 Å². The Bertz CT molecular complexity index is 444. The molecular formula is C12H15NO5. The summed E-state index contributed by atoms with van der Waals surface area (Å²) in [5.74, 6) is -0.415. The second-order valence-electron chi connectivity index (χ2n) is 3.33. The number of rotatable bonds is 5. The third-order valence-corrected chi connectivity index (χ3v) is 2.28. The van der Waals surface area contributed by atoms with Crippen LogP contribution in [0.25, 0.3) is 0 Å². The minimum absolute atomic E-state index is 0.0349. The lowest BCUT2D eigenvalue weighted by Crippen LogP contribution is -2.17. The summed E-state index contributed by atoms with van der Waals surface area (Å²) in [6.45, 7) is -0.0349. The molecule has 1 aromatic carbocycles. The van der Waals surface area contributed by atoms with E-state index in [2.05, 4.69) is 14.8 Å². The molecule has 1 rings (SSSR count). The number of nitrogens with one attached hydrogen (secondary N) is 1. The van der Waals surface area contributed by atoms with Gasteiger partial charge in [0.1, 0.15) is 12.3 Å². The van der Waals surface area contributed by atoms with E-state index < -0.39 is 11.9 Å². The van der Waals surface area contributed by atoms with Gasteiger partial charge in [-0.2, -0.15) is 0 Å². The molecule has 0 aliphatic heterocycles. The zero-order valence-electron chi connectivity index (χ0n) is 10.5. The summed E-state index contributed by atoms with van der Waals surface area (Å²) >= 11 is 0. The average molecular weight is 253 g/mol. The Morgan fingerprint density at radius 3 is 2.44 bits per heavy atom. The summed E-state index contributed by atoms with van der Waals surface area (Å²) in [7, 11) is 4.07. The van der Waals surface area contributed by atoms with Gasteiger partial charge in [0.25, 0.3) is 0 Å². The van der Waals surface area contributed by atoms with Gasteiger partial charge in [-0.05, 0) is 18.2 Å². The zero-order valence-corrected chi connectivity index (χ0v) is 10.5. The number of esters is 2. The van der Waals surface area contributed by atoms with E-state index in [0.29, 0.717) is 17.0 Å². The molecule has 6 nitrogen and oxygen atoms in total. The third-order valence-electron chi connectivity index (χ3n) is 2.28. The fourth-order valence-corrected chi connectivity index (χ4v) is 1.32. The molecule has 0 aliphatic rings. The van der Waals surface area contributed by atoms with Crippen molar-refractivity contribution in [3.63, 3.8) is 0 Å². The van der Waals surface area contributed by atoms with Crippen molar-refractivity contribution in [3.8, 4) is 5.75 Å². The quantitative estimate of drug-likeness (QED) is 0.791. The number of carbonyl (C=O) groups excluding carboxylic acids is 2. The van der Waals surface area contributed by atoms with Crippen molar-refractivity contribution in [1.29, 1.82) is 0 Å². The molecule has 0 amide bonds. The Labute approximate surface area is 105 Å². The maximum Gasteiger partial charge on any atom is 0.340 e. The van der Waals surface area contributed by atoms with Gasteiger partial charge < -0.3 is 19.5 Å². The first-order valence-corrected chi connectivity index (χ1v) is 5.19. The van der Waals surface area contributed by atoms with Crippen LogP contribution in [-0.4, -0.2) is 39.8 Å².